The number of alkyl halides is 1. The Morgan fingerprint density at radius 2 is 1.70 bits per heavy atom. The Hall–Kier alpha value is -0.630. The zero-order valence-electron chi connectivity index (χ0n) is 12.4. The van der Waals surface area contributed by atoms with Crippen molar-refractivity contribution in [3.05, 3.63) is 35.4 Å². The highest BCUT2D eigenvalue weighted by Crippen LogP contribution is 2.45. The summed E-state index contributed by atoms with van der Waals surface area (Å²) in [6.07, 6.45) is 4.22. The maximum absolute atomic E-state index is 13.8. The fourth-order valence-electron chi connectivity index (χ4n) is 3.26. The predicted octanol–water partition coefficient (Wildman–Crippen LogP) is 6.10. The van der Waals surface area contributed by atoms with Crippen molar-refractivity contribution in [2.24, 2.45) is 17.3 Å². The lowest BCUT2D eigenvalue weighted by molar-refractivity contribution is 0.148. The lowest BCUT2D eigenvalue weighted by Gasteiger charge is -2.38. The van der Waals surface area contributed by atoms with Gasteiger partial charge in [-0.15, -0.1) is 11.6 Å². The Morgan fingerprint density at radius 3 is 2.25 bits per heavy atom. The highest BCUT2D eigenvalue weighted by atomic mass is 35.5. The second kappa shape index (κ2) is 6.01. The highest BCUT2D eigenvalue weighted by molar-refractivity contribution is 6.21. The molecule has 1 aromatic rings. The van der Waals surface area contributed by atoms with Crippen LogP contribution in [0.3, 0.4) is 0 Å². The summed E-state index contributed by atoms with van der Waals surface area (Å²) in [5, 5.41) is -0.424. The third-order valence-corrected chi connectivity index (χ3v) is 5.26. The lowest BCUT2D eigenvalue weighted by atomic mass is 9.69. The summed E-state index contributed by atoms with van der Waals surface area (Å²) in [7, 11) is 0. The SMILES string of the molecule is CC(C)(C)C1CCC(C(Cl)c2cc(F)ccc2F)CC1. The first-order chi connectivity index (χ1) is 9.29. The van der Waals surface area contributed by atoms with Crippen molar-refractivity contribution in [2.45, 2.75) is 51.8 Å². The summed E-state index contributed by atoms with van der Waals surface area (Å²) >= 11 is 6.42. The van der Waals surface area contributed by atoms with Gasteiger partial charge in [0.25, 0.3) is 0 Å². The Labute approximate surface area is 125 Å². The van der Waals surface area contributed by atoms with E-state index in [9.17, 15) is 8.78 Å². The van der Waals surface area contributed by atoms with Crippen LogP contribution in [0, 0.1) is 28.9 Å². The summed E-state index contributed by atoms with van der Waals surface area (Å²) in [5.74, 6) is 0.117. The average Bonchev–Trinajstić information content (AvgIpc) is 2.40. The van der Waals surface area contributed by atoms with E-state index in [2.05, 4.69) is 20.8 Å². The third kappa shape index (κ3) is 3.52. The molecule has 0 spiro atoms. The molecule has 0 heterocycles. The van der Waals surface area contributed by atoms with Crippen molar-refractivity contribution < 1.29 is 8.78 Å². The van der Waals surface area contributed by atoms with Crippen molar-refractivity contribution in [3.8, 4) is 0 Å². The smallest absolute Gasteiger partial charge is 0.128 e. The van der Waals surface area contributed by atoms with Crippen LogP contribution in [0.5, 0.6) is 0 Å². The van der Waals surface area contributed by atoms with Gasteiger partial charge in [-0.05, 0) is 61.1 Å². The Kier molecular flexibility index (Phi) is 4.73. The molecule has 1 aromatic carbocycles. The van der Waals surface area contributed by atoms with Crippen LogP contribution in [0.2, 0.25) is 0 Å². The van der Waals surface area contributed by atoms with Crippen molar-refractivity contribution in [3.63, 3.8) is 0 Å². The van der Waals surface area contributed by atoms with Gasteiger partial charge in [-0.2, -0.15) is 0 Å². The summed E-state index contributed by atoms with van der Waals surface area (Å²) in [6.45, 7) is 6.80. The molecule has 0 nitrogen and oxygen atoms in total. The molecule has 0 aliphatic heterocycles. The number of rotatable bonds is 2. The molecule has 1 atom stereocenters. The number of hydrogen-bond acceptors (Lipinski definition) is 0. The first-order valence-electron chi connectivity index (χ1n) is 7.38. The van der Waals surface area contributed by atoms with Crippen LogP contribution in [0.4, 0.5) is 8.78 Å². The summed E-state index contributed by atoms with van der Waals surface area (Å²) in [6, 6.07) is 3.54. The second-order valence-corrected chi connectivity index (χ2v) is 7.52. The van der Waals surface area contributed by atoms with Crippen molar-refractivity contribution in [2.75, 3.05) is 0 Å². The molecule has 1 aliphatic rings. The molecule has 0 aromatic heterocycles. The quantitative estimate of drug-likeness (QED) is 0.579. The number of benzene rings is 1. The summed E-state index contributed by atoms with van der Waals surface area (Å²) in [5.41, 5.74) is 0.627. The molecular formula is C17H23ClF2. The van der Waals surface area contributed by atoms with Crippen molar-refractivity contribution >= 4 is 11.6 Å². The summed E-state index contributed by atoms with van der Waals surface area (Å²) in [4.78, 5) is 0. The first kappa shape index (κ1) is 15.8. The standard InChI is InChI=1S/C17H23ClF2/c1-17(2,3)12-6-4-11(5-7-12)16(18)14-10-13(19)8-9-15(14)20/h8-12,16H,4-7H2,1-3H3. The molecule has 0 radical (unpaired) electrons. The van der Waals surface area contributed by atoms with E-state index in [-0.39, 0.29) is 5.92 Å². The van der Waals surface area contributed by atoms with E-state index in [1.54, 1.807) is 0 Å². The van der Waals surface area contributed by atoms with Gasteiger partial charge in [0.1, 0.15) is 11.6 Å². The molecule has 1 unspecified atom stereocenters. The van der Waals surface area contributed by atoms with E-state index in [1.165, 1.54) is 12.1 Å². The molecule has 3 heteroatoms. The number of hydrogen-bond donors (Lipinski definition) is 0. The van der Waals surface area contributed by atoms with E-state index >= 15 is 0 Å². The first-order valence-corrected chi connectivity index (χ1v) is 7.81. The van der Waals surface area contributed by atoms with E-state index in [0.29, 0.717) is 16.9 Å². The van der Waals surface area contributed by atoms with Crippen LogP contribution in [0.15, 0.2) is 18.2 Å². The minimum Gasteiger partial charge on any atom is -0.207 e. The van der Waals surface area contributed by atoms with Crippen LogP contribution in [-0.2, 0) is 0 Å². The van der Waals surface area contributed by atoms with Gasteiger partial charge >= 0.3 is 0 Å². The van der Waals surface area contributed by atoms with Crippen molar-refractivity contribution in [1.29, 1.82) is 0 Å². The molecule has 0 amide bonds. The summed E-state index contributed by atoms with van der Waals surface area (Å²) < 4.78 is 27.1. The fourth-order valence-corrected chi connectivity index (χ4v) is 3.68. The van der Waals surface area contributed by atoms with Crippen LogP contribution in [-0.4, -0.2) is 0 Å². The largest absolute Gasteiger partial charge is 0.207 e. The zero-order chi connectivity index (χ0) is 14.9. The minimum absolute atomic E-state index is 0.242. The van der Waals surface area contributed by atoms with Gasteiger partial charge in [0.2, 0.25) is 0 Å². The normalized spacial score (nSPS) is 25.5. The van der Waals surface area contributed by atoms with Gasteiger partial charge in [0.05, 0.1) is 5.38 Å². The zero-order valence-corrected chi connectivity index (χ0v) is 13.2. The van der Waals surface area contributed by atoms with E-state index in [0.717, 1.165) is 31.7 Å². The monoisotopic (exact) mass is 300 g/mol. The molecular weight excluding hydrogens is 278 g/mol. The lowest BCUT2D eigenvalue weighted by Crippen LogP contribution is -2.27. The Balaban J connectivity index is 2.05. The van der Waals surface area contributed by atoms with Gasteiger partial charge in [0.15, 0.2) is 0 Å². The Bertz CT molecular complexity index is 457. The maximum atomic E-state index is 13.8. The average molecular weight is 301 g/mol. The molecule has 1 saturated carbocycles. The van der Waals surface area contributed by atoms with E-state index in [1.807, 2.05) is 0 Å². The van der Waals surface area contributed by atoms with Crippen LogP contribution in [0.1, 0.15) is 57.4 Å². The third-order valence-electron chi connectivity index (χ3n) is 4.67. The molecule has 0 saturated heterocycles. The number of halogens is 3. The molecule has 1 aliphatic carbocycles. The molecule has 0 N–H and O–H groups in total. The van der Waals surface area contributed by atoms with Crippen LogP contribution in [0.25, 0.3) is 0 Å². The highest BCUT2D eigenvalue weighted by Gasteiger charge is 2.33. The maximum Gasteiger partial charge on any atom is 0.128 e. The van der Waals surface area contributed by atoms with Crippen LogP contribution < -0.4 is 0 Å². The van der Waals surface area contributed by atoms with E-state index < -0.39 is 17.0 Å². The fraction of sp³-hybridized carbons (Fsp3) is 0.647. The van der Waals surface area contributed by atoms with Crippen LogP contribution >= 0.6 is 11.6 Å². The topological polar surface area (TPSA) is 0 Å². The second-order valence-electron chi connectivity index (χ2n) is 7.05. The van der Waals surface area contributed by atoms with Gasteiger partial charge in [-0.25, -0.2) is 8.78 Å². The van der Waals surface area contributed by atoms with Gasteiger partial charge < -0.3 is 0 Å². The van der Waals surface area contributed by atoms with E-state index in [4.69, 9.17) is 11.6 Å². The van der Waals surface area contributed by atoms with Gasteiger partial charge in [-0.3, -0.25) is 0 Å². The molecule has 20 heavy (non-hydrogen) atoms. The molecule has 0 bridgehead atoms. The Morgan fingerprint density at radius 1 is 1.10 bits per heavy atom. The van der Waals surface area contributed by atoms with Gasteiger partial charge in [0, 0.05) is 5.56 Å². The minimum atomic E-state index is -0.424. The van der Waals surface area contributed by atoms with Crippen molar-refractivity contribution in [1.82, 2.24) is 0 Å². The van der Waals surface area contributed by atoms with Gasteiger partial charge in [-0.1, -0.05) is 20.8 Å². The molecule has 112 valence electrons. The molecule has 1 fully saturated rings. The molecule has 2 rings (SSSR count). The predicted molar refractivity (Wildman–Crippen MR) is 79.9 cm³/mol.